The molecular formula is C26H34N2O5. The van der Waals surface area contributed by atoms with Crippen LogP contribution in [0.15, 0.2) is 34.3 Å². The summed E-state index contributed by atoms with van der Waals surface area (Å²) in [7, 11) is 5.53. The third-order valence-corrected chi connectivity index (χ3v) is 6.03. The van der Waals surface area contributed by atoms with Crippen LogP contribution in [0.2, 0.25) is 0 Å². The molecule has 2 aromatic rings. The summed E-state index contributed by atoms with van der Waals surface area (Å²) < 4.78 is 11.4. The summed E-state index contributed by atoms with van der Waals surface area (Å²) in [6.07, 6.45) is 0.690. The van der Waals surface area contributed by atoms with E-state index in [0.717, 1.165) is 23.4 Å². The zero-order valence-electron chi connectivity index (χ0n) is 20.6. The lowest BCUT2D eigenvalue weighted by molar-refractivity contribution is -0.140. The lowest BCUT2D eigenvalue weighted by atomic mass is 9.92. The number of carbonyl (C=O) groups is 2. The minimum Gasteiger partial charge on any atom is -0.507 e. The lowest BCUT2D eigenvalue weighted by Gasteiger charge is -2.24. The number of hydrogen-bond donors (Lipinski definition) is 1. The molecule has 7 heteroatoms. The van der Waals surface area contributed by atoms with E-state index in [9.17, 15) is 14.7 Å². The van der Waals surface area contributed by atoms with Crippen molar-refractivity contribution in [1.29, 1.82) is 0 Å². The van der Waals surface area contributed by atoms with Gasteiger partial charge >= 0.3 is 0 Å². The van der Waals surface area contributed by atoms with Crippen LogP contribution in [0.3, 0.4) is 0 Å². The Kier molecular flexibility index (Phi) is 7.32. The summed E-state index contributed by atoms with van der Waals surface area (Å²) in [5, 5.41) is 11.4. The van der Waals surface area contributed by atoms with E-state index in [0.29, 0.717) is 30.0 Å². The third-order valence-electron chi connectivity index (χ3n) is 6.03. The Morgan fingerprint density at radius 1 is 1.21 bits per heavy atom. The second-order valence-corrected chi connectivity index (χ2v) is 9.16. The van der Waals surface area contributed by atoms with Gasteiger partial charge in [0.1, 0.15) is 29.1 Å². The molecule has 2 heterocycles. The van der Waals surface area contributed by atoms with E-state index in [1.165, 1.54) is 4.90 Å². The number of ether oxygens (including phenoxy) is 1. The first kappa shape index (κ1) is 24.6. The number of likely N-dealkylation sites (tertiary alicyclic amines) is 1. The van der Waals surface area contributed by atoms with Gasteiger partial charge in [-0.15, -0.1) is 0 Å². The summed E-state index contributed by atoms with van der Waals surface area (Å²) >= 11 is 0. The van der Waals surface area contributed by atoms with Gasteiger partial charge < -0.3 is 24.1 Å². The predicted molar refractivity (Wildman–Crippen MR) is 127 cm³/mol. The average Bonchev–Trinajstić information content (AvgIpc) is 3.28. The Morgan fingerprint density at radius 2 is 1.91 bits per heavy atom. The molecule has 1 atom stereocenters. The van der Waals surface area contributed by atoms with Gasteiger partial charge in [0.05, 0.1) is 12.7 Å². The number of methoxy groups -OCH3 is 1. The van der Waals surface area contributed by atoms with Crippen molar-refractivity contribution in [1.82, 2.24) is 9.80 Å². The fourth-order valence-corrected chi connectivity index (χ4v) is 4.29. The van der Waals surface area contributed by atoms with E-state index in [2.05, 4.69) is 0 Å². The zero-order valence-corrected chi connectivity index (χ0v) is 20.6. The summed E-state index contributed by atoms with van der Waals surface area (Å²) in [5.74, 6) is 0.498. The van der Waals surface area contributed by atoms with E-state index in [1.54, 1.807) is 19.2 Å². The van der Waals surface area contributed by atoms with E-state index < -0.39 is 17.7 Å². The molecular weight excluding hydrogens is 420 g/mol. The van der Waals surface area contributed by atoms with Gasteiger partial charge in [-0.1, -0.05) is 13.8 Å². The molecule has 33 heavy (non-hydrogen) atoms. The smallest absolute Gasteiger partial charge is 0.295 e. The third kappa shape index (κ3) is 4.83. The van der Waals surface area contributed by atoms with Crippen LogP contribution in [0.4, 0.5) is 0 Å². The summed E-state index contributed by atoms with van der Waals surface area (Å²) in [6.45, 7) is 8.87. The summed E-state index contributed by atoms with van der Waals surface area (Å²) in [6, 6.07) is 6.48. The van der Waals surface area contributed by atoms with Gasteiger partial charge in [-0.05, 0) is 82.2 Å². The zero-order chi connectivity index (χ0) is 24.4. The minimum atomic E-state index is -0.773. The first-order valence-corrected chi connectivity index (χ1v) is 11.2. The molecule has 1 aromatic carbocycles. The van der Waals surface area contributed by atoms with Crippen molar-refractivity contribution >= 4 is 17.4 Å². The number of amides is 1. The Labute approximate surface area is 195 Å². The van der Waals surface area contributed by atoms with Crippen LogP contribution < -0.4 is 4.74 Å². The topological polar surface area (TPSA) is 83.2 Å². The highest BCUT2D eigenvalue weighted by molar-refractivity contribution is 6.46. The molecule has 0 saturated carbocycles. The van der Waals surface area contributed by atoms with Crippen LogP contribution in [0.5, 0.6) is 5.75 Å². The molecule has 1 aliphatic rings. The van der Waals surface area contributed by atoms with Crippen LogP contribution in [0.25, 0.3) is 5.76 Å². The molecule has 1 N–H and O–H groups in total. The molecule has 0 aliphatic carbocycles. The van der Waals surface area contributed by atoms with Crippen LogP contribution in [0.1, 0.15) is 60.4 Å². The number of aliphatic hydroxyl groups is 1. The second kappa shape index (κ2) is 9.83. The van der Waals surface area contributed by atoms with E-state index in [1.807, 2.05) is 58.8 Å². The summed E-state index contributed by atoms with van der Waals surface area (Å²) in [4.78, 5) is 29.8. The van der Waals surface area contributed by atoms with Crippen LogP contribution in [0, 0.1) is 13.8 Å². The molecule has 1 amide bonds. The van der Waals surface area contributed by atoms with Gasteiger partial charge in [0.2, 0.25) is 0 Å². The number of aryl methyl sites for hydroxylation is 2. The molecule has 7 nitrogen and oxygen atoms in total. The number of Topliss-reactive ketones (excluding diaryl/α,β-unsaturated/α-hetero) is 1. The Bertz CT molecular complexity index is 1080. The van der Waals surface area contributed by atoms with Gasteiger partial charge in [0.25, 0.3) is 11.7 Å². The number of carbonyl (C=O) groups excluding carboxylic acids is 2. The Morgan fingerprint density at radius 3 is 2.45 bits per heavy atom. The fourth-order valence-electron chi connectivity index (χ4n) is 4.29. The monoisotopic (exact) mass is 454 g/mol. The van der Waals surface area contributed by atoms with Gasteiger partial charge in [0.15, 0.2) is 0 Å². The molecule has 1 aliphatic heterocycles. The highest BCUT2D eigenvalue weighted by Gasteiger charge is 2.47. The molecule has 0 spiro atoms. The summed E-state index contributed by atoms with van der Waals surface area (Å²) in [5.41, 5.74) is 2.23. The maximum absolute atomic E-state index is 13.2. The van der Waals surface area contributed by atoms with Crippen LogP contribution >= 0.6 is 0 Å². The number of ketones is 1. The number of aliphatic hydroxyl groups excluding tert-OH is 1. The van der Waals surface area contributed by atoms with Gasteiger partial charge in [0, 0.05) is 12.1 Å². The maximum Gasteiger partial charge on any atom is 0.295 e. The maximum atomic E-state index is 13.2. The molecule has 178 valence electrons. The molecule has 1 saturated heterocycles. The van der Waals surface area contributed by atoms with Gasteiger partial charge in [-0.3, -0.25) is 9.59 Å². The molecule has 0 radical (unpaired) electrons. The second-order valence-electron chi connectivity index (χ2n) is 9.16. The van der Waals surface area contributed by atoms with Crippen LogP contribution in [-0.4, -0.2) is 60.9 Å². The standard InChI is InChI=1S/C26H34N2O5/c1-15(2)18-14-19(16(3)13-21(18)32-7)24(29)22-23(20-10-9-17(4)33-20)28(26(31)25(22)30)12-8-11-27(5)6/h9-10,13-15,23,29H,8,11-12H2,1-7H3/b24-22+. The Hall–Kier alpha value is -3.06. The number of furan rings is 1. The first-order chi connectivity index (χ1) is 15.6. The number of rotatable bonds is 8. The average molecular weight is 455 g/mol. The normalized spacial score (nSPS) is 18.1. The van der Waals surface area contributed by atoms with Gasteiger partial charge in [-0.25, -0.2) is 0 Å². The molecule has 1 aromatic heterocycles. The molecule has 0 bridgehead atoms. The molecule has 3 rings (SSSR count). The SMILES string of the molecule is COc1cc(C)c(/C(O)=C2\C(=O)C(=O)N(CCCN(C)C)C2c2ccc(C)o2)cc1C(C)C. The first-order valence-electron chi connectivity index (χ1n) is 11.2. The number of hydrogen-bond acceptors (Lipinski definition) is 6. The van der Waals surface area contributed by atoms with Crippen molar-refractivity contribution in [2.75, 3.05) is 34.3 Å². The largest absolute Gasteiger partial charge is 0.507 e. The van der Waals surface area contributed by atoms with Crippen molar-refractivity contribution in [2.24, 2.45) is 0 Å². The molecule has 1 unspecified atom stereocenters. The quantitative estimate of drug-likeness (QED) is 0.362. The molecule has 1 fully saturated rings. The van der Waals surface area contributed by atoms with E-state index in [-0.39, 0.29) is 17.3 Å². The fraction of sp³-hybridized carbons (Fsp3) is 0.462. The van der Waals surface area contributed by atoms with Crippen molar-refractivity contribution in [3.8, 4) is 5.75 Å². The van der Waals surface area contributed by atoms with E-state index in [4.69, 9.17) is 9.15 Å². The highest BCUT2D eigenvalue weighted by atomic mass is 16.5. The van der Waals surface area contributed by atoms with Gasteiger partial charge in [-0.2, -0.15) is 0 Å². The minimum absolute atomic E-state index is 0.0576. The van der Waals surface area contributed by atoms with Crippen molar-refractivity contribution in [3.63, 3.8) is 0 Å². The number of benzene rings is 1. The Balaban J connectivity index is 2.16. The lowest BCUT2D eigenvalue weighted by Crippen LogP contribution is -2.32. The van der Waals surface area contributed by atoms with Crippen molar-refractivity contribution in [2.45, 2.75) is 46.1 Å². The van der Waals surface area contributed by atoms with E-state index >= 15 is 0 Å². The predicted octanol–water partition coefficient (Wildman–Crippen LogP) is 4.40. The van der Waals surface area contributed by atoms with Crippen LogP contribution in [-0.2, 0) is 9.59 Å². The number of nitrogens with zero attached hydrogens (tertiary/aromatic N) is 2. The highest BCUT2D eigenvalue weighted by Crippen LogP contribution is 2.41. The van der Waals surface area contributed by atoms with Crippen molar-refractivity contribution in [3.05, 3.63) is 58.0 Å². The van der Waals surface area contributed by atoms with Crippen molar-refractivity contribution < 1.29 is 23.8 Å².